The molecule has 116 valence electrons. The van der Waals surface area contributed by atoms with E-state index in [1.54, 1.807) is 0 Å². The van der Waals surface area contributed by atoms with Gasteiger partial charge in [0.2, 0.25) is 0 Å². The van der Waals surface area contributed by atoms with E-state index in [2.05, 4.69) is 65.2 Å². The third-order valence-electron chi connectivity index (χ3n) is 3.32. The zero-order chi connectivity index (χ0) is 13.7. The Labute approximate surface area is 161 Å². The monoisotopic (exact) mass is 490 g/mol. The van der Waals surface area contributed by atoms with Crippen LogP contribution in [0.3, 0.4) is 0 Å². The Hall–Kier alpha value is -0.110. The Kier molecular flexibility index (Phi) is 15.3. The standard InChI is InChI=1S/2C9H11.2ClH.Hf/c2*1-4-9-5-7(2)8(3)6-9;;;/h2*4-5,9H,1H2,2-3H3;2*1H;/q2*-1;;;. The van der Waals surface area contributed by atoms with E-state index in [-0.39, 0.29) is 50.7 Å². The van der Waals surface area contributed by atoms with Crippen LogP contribution >= 0.6 is 24.8 Å². The fraction of sp³-hybridized carbons (Fsp3) is 0.333. The predicted octanol–water partition coefficient (Wildman–Crippen LogP) is 5.84. The quantitative estimate of drug-likeness (QED) is 0.260. The van der Waals surface area contributed by atoms with Gasteiger partial charge in [0, 0.05) is 25.8 Å². The second-order valence-corrected chi connectivity index (χ2v) is 4.76. The van der Waals surface area contributed by atoms with Crippen molar-refractivity contribution in [3.8, 4) is 0 Å². The summed E-state index contributed by atoms with van der Waals surface area (Å²) in [5.41, 5.74) is 5.19. The van der Waals surface area contributed by atoms with Crippen molar-refractivity contribution < 1.29 is 25.8 Å². The first kappa shape index (κ1) is 25.8. The molecule has 2 aliphatic carbocycles. The van der Waals surface area contributed by atoms with Crippen LogP contribution in [-0.4, -0.2) is 0 Å². The van der Waals surface area contributed by atoms with Crippen molar-refractivity contribution in [2.24, 2.45) is 11.8 Å². The SMILES string of the molecule is C=CC1[C-]=C(C)C(C)=C1.C=CC1[C-]=C(C)C(C)=C1.Cl.Cl.[Hf]. The van der Waals surface area contributed by atoms with Crippen LogP contribution in [0.15, 0.2) is 59.8 Å². The normalized spacial score (nSPS) is 21.7. The second kappa shape index (κ2) is 12.4. The van der Waals surface area contributed by atoms with Crippen molar-refractivity contribution in [2.45, 2.75) is 27.7 Å². The number of allylic oxidation sites excluding steroid dienone is 10. The van der Waals surface area contributed by atoms with Gasteiger partial charge in [-0.1, -0.05) is 25.7 Å². The van der Waals surface area contributed by atoms with Crippen molar-refractivity contribution >= 4 is 24.8 Å². The van der Waals surface area contributed by atoms with Gasteiger partial charge in [-0.3, -0.25) is 12.2 Å². The van der Waals surface area contributed by atoms with E-state index < -0.39 is 0 Å². The first-order chi connectivity index (χ1) is 8.47. The van der Waals surface area contributed by atoms with Crippen LogP contribution in [0.1, 0.15) is 27.7 Å². The van der Waals surface area contributed by atoms with Crippen LogP contribution in [0.2, 0.25) is 0 Å². The Morgan fingerprint density at radius 3 is 1.19 bits per heavy atom. The van der Waals surface area contributed by atoms with Gasteiger partial charge in [0.1, 0.15) is 0 Å². The maximum atomic E-state index is 3.69. The van der Waals surface area contributed by atoms with Gasteiger partial charge in [0.25, 0.3) is 0 Å². The van der Waals surface area contributed by atoms with Crippen LogP contribution in [0.5, 0.6) is 0 Å². The molecular weight excluding hydrogens is 466 g/mol. The van der Waals surface area contributed by atoms with E-state index in [0.717, 1.165) is 0 Å². The van der Waals surface area contributed by atoms with E-state index in [4.69, 9.17) is 0 Å². The van der Waals surface area contributed by atoms with E-state index in [1.807, 2.05) is 12.2 Å². The molecule has 0 N–H and O–H groups in total. The maximum absolute atomic E-state index is 3.69. The number of rotatable bonds is 2. The van der Waals surface area contributed by atoms with Crippen molar-refractivity contribution in [3.63, 3.8) is 0 Å². The van der Waals surface area contributed by atoms with E-state index in [0.29, 0.717) is 11.8 Å². The van der Waals surface area contributed by atoms with Crippen molar-refractivity contribution in [3.05, 3.63) is 71.9 Å². The third kappa shape index (κ3) is 8.18. The maximum Gasteiger partial charge on any atom is 0 e. The van der Waals surface area contributed by atoms with E-state index in [1.165, 1.54) is 22.3 Å². The van der Waals surface area contributed by atoms with Crippen molar-refractivity contribution in [1.29, 1.82) is 0 Å². The Morgan fingerprint density at radius 1 is 0.810 bits per heavy atom. The second-order valence-electron chi connectivity index (χ2n) is 4.76. The zero-order valence-electron chi connectivity index (χ0n) is 13.2. The molecule has 0 amide bonds. The summed E-state index contributed by atoms with van der Waals surface area (Å²) in [5.74, 6) is 0.731. The van der Waals surface area contributed by atoms with Crippen LogP contribution in [0, 0.1) is 24.0 Å². The van der Waals surface area contributed by atoms with E-state index >= 15 is 0 Å². The van der Waals surface area contributed by atoms with Gasteiger partial charge in [0.05, 0.1) is 0 Å². The summed E-state index contributed by atoms with van der Waals surface area (Å²) in [7, 11) is 0. The fourth-order valence-corrected chi connectivity index (χ4v) is 1.85. The summed E-state index contributed by atoms with van der Waals surface area (Å²) in [5, 5.41) is 0. The van der Waals surface area contributed by atoms with Crippen LogP contribution in [0.25, 0.3) is 0 Å². The number of hydrogen-bond donors (Lipinski definition) is 0. The minimum Gasteiger partial charge on any atom is -0.262 e. The summed E-state index contributed by atoms with van der Waals surface area (Å²) in [4.78, 5) is 0. The Balaban J connectivity index is -0.000000270. The summed E-state index contributed by atoms with van der Waals surface area (Å²) < 4.78 is 0. The molecule has 2 rings (SSSR count). The molecule has 3 heteroatoms. The fourth-order valence-electron chi connectivity index (χ4n) is 1.85. The minimum atomic E-state index is 0. The zero-order valence-corrected chi connectivity index (χ0v) is 18.4. The molecule has 0 radical (unpaired) electrons. The van der Waals surface area contributed by atoms with Crippen molar-refractivity contribution in [2.75, 3.05) is 0 Å². The molecule has 0 saturated carbocycles. The summed E-state index contributed by atoms with van der Waals surface area (Å²) in [6.07, 6.45) is 14.7. The number of halogens is 2. The summed E-state index contributed by atoms with van der Waals surface area (Å²) >= 11 is 0. The molecule has 0 bridgehead atoms. The first-order valence-electron chi connectivity index (χ1n) is 6.30. The van der Waals surface area contributed by atoms with E-state index in [9.17, 15) is 0 Å². The summed E-state index contributed by atoms with van der Waals surface area (Å²) in [6.45, 7) is 15.7. The van der Waals surface area contributed by atoms with Gasteiger partial charge >= 0.3 is 0 Å². The molecule has 0 spiro atoms. The first-order valence-corrected chi connectivity index (χ1v) is 6.30. The molecule has 2 unspecified atom stereocenters. The largest absolute Gasteiger partial charge is 0.262 e. The van der Waals surface area contributed by atoms with Gasteiger partial charge in [-0.2, -0.15) is 12.2 Å². The van der Waals surface area contributed by atoms with Gasteiger partial charge in [-0.25, -0.2) is 22.3 Å². The van der Waals surface area contributed by atoms with Crippen molar-refractivity contribution in [1.82, 2.24) is 0 Å². The Bertz CT molecular complexity index is 388. The van der Waals surface area contributed by atoms with Crippen LogP contribution < -0.4 is 0 Å². The van der Waals surface area contributed by atoms with Gasteiger partial charge < -0.3 is 0 Å². The molecule has 0 aliphatic heterocycles. The molecule has 0 nitrogen and oxygen atoms in total. The smallest absolute Gasteiger partial charge is 0 e. The molecular formula is C18H24Cl2Hf-2. The Morgan fingerprint density at radius 2 is 1.10 bits per heavy atom. The predicted molar refractivity (Wildman–Crippen MR) is 94.2 cm³/mol. The molecule has 2 atom stereocenters. The molecule has 0 aromatic heterocycles. The number of hydrogen-bond acceptors (Lipinski definition) is 0. The topological polar surface area (TPSA) is 0 Å². The molecule has 0 heterocycles. The molecule has 0 aromatic rings. The molecule has 0 fully saturated rings. The molecule has 21 heavy (non-hydrogen) atoms. The third-order valence-corrected chi connectivity index (χ3v) is 3.32. The van der Waals surface area contributed by atoms with Gasteiger partial charge in [-0.05, 0) is 0 Å². The molecule has 0 aromatic carbocycles. The molecule has 0 saturated heterocycles. The van der Waals surface area contributed by atoms with Crippen LogP contribution in [0.4, 0.5) is 0 Å². The van der Waals surface area contributed by atoms with Crippen LogP contribution in [-0.2, 0) is 25.8 Å². The average molecular weight is 490 g/mol. The summed E-state index contributed by atoms with van der Waals surface area (Å²) in [6, 6.07) is 0. The van der Waals surface area contributed by atoms with Gasteiger partial charge in [-0.15, -0.1) is 64.0 Å². The van der Waals surface area contributed by atoms with Gasteiger partial charge in [0.15, 0.2) is 0 Å². The molecule has 2 aliphatic rings. The minimum absolute atomic E-state index is 0. The average Bonchev–Trinajstić information content (AvgIpc) is 2.84.